The van der Waals surface area contributed by atoms with E-state index in [-0.39, 0.29) is 5.91 Å². The zero-order valence-corrected chi connectivity index (χ0v) is 10.7. The lowest BCUT2D eigenvalue weighted by atomic mass is 9.75. The Morgan fingerprint density at radius 2 is 2.29 bits per heavy atom. The molecular formula is C11H20BrNO. The number of nitrogens with one attached hydrogen (secondary N) is 1. The van der Waals surface area contributed by atoms with E-state index in [2.05, 4.69) is 35.1 Å². The maximum atomic E-state index is 11.4. The van der Waals surface area contributed by atoms with Gasteiger partial charge in [0.15, 0.2) is 0 Å². The first-order valence-corrected chi connectivity index (χ1v) is 6.51. The van der Waals surface area contributed by atoms with Crippen molar-refractivity contribution in [1.29, 1.82) is 0 Å². The van der Waals surface area contributed by atoms with Gasteiger partial charge in [0.2, 0.25) is 5.91 Å². The van der Waals surface area contributed by atoms with E-state index in [0.717, 1.165) is 18.2 Å². The van der Waals surface area contributed by atoms with Gasteiger partial charge in [-0.1, -0.05) is 36.2 Å². The number of halogens is 1. The molecule has 0 aromatic heterocycles. The van der Waals surface area contributed by atoms with Crippen LogP contribution in [0.4, 0.5) is 0 Å². The number of alkyl halides is 1. The summed E-state index contributed by atoms with van der Waals surface area (Å²) in [6.07, 6.45) is 5.40. The third kappa shape index (κ3) is 3.99. The molecule has 1 saturated carbocycles. The van der Waals surface area contributed by atoms with E-state index in [1.807, 2.05) is 0 Å². The summed E-state index contributed by atoms with van der Waals surface area (Å²) < 4.78 is 0. The van der Waals surface area contributed by atoms with Crippen LogP contribution in [0.2, 0.25) is 0 Å². The van der Waals surface area contributed by atoms with Crippen molar-refractivity contribution in [3.63, 3.8) is 0 Å². The van der Waals surface area contributed by atoms with Crippen molar-refractivity contribution in [3.05, 3.63) is 0 Å². The van der Waals surface area contributed by atoms with Gasteiger partial charge in [-0.15, -0.1) is 0 Å². The molecular weight excluding hydrogens is 242 g/mol. The number of hydrogen-bond acceptors (Lipinski definition) is 1. The van der Waals surface area contributed by atoms with Gasteiger partial charge in [0.1, 0.15) is 0 Å². The Morgan fingerprint density at radius 1 is 1.57 bits per heavy atom. The van der Waals surface area contributed by atoms with Crippen molar-refractivity contribution in [1.82, 2.24) is 5.32 Å². The smallest absolute Gasteiger partial charge is 0.221 e. The highest BCUT2D eigenvalue weighted by atomic mass is 79.9. The molecule has 0 bridgehead atoms. The molecule has 0 aromatic carbocycles. The van der Waals surface area contributed by atoms with E-state index < -0.39 is 0 Å². The van der Waals surface area contributed by atoms with Crippen LogP contribution in [-0.2, 0) is 4.79 Å². The first kappa shape index (κ1) is 12.0. The van der Waals surface area contributed by atoms with Crippen LogP contribution in [0.3, 0.4) is 0 Å². The second-order valence-corrected chi connectivity index (χ2v) is 5.76. The molecule has 3 heteroatoms. The molecule has 1 rings (SSSR count). The minimum Gasteiger partial charge on any atom is -0.353 e. The molecule has 1 atom stereocenters. The number of carbonyl (C=O) groups excluding carboxylic acids is 1. The average Bonchev–Trinajstić information content (AvgIpc) is 2.02. The topological polar surface area (TPSA) is 29.1 Å². The number of hydrogen-bond donors (Lipinski definition) is 1. The number of rotatable bonds is 3. The summed E-state index contributed by atoms with van der Waals surface area (Å²) in [5, 5.41) is 3.87. The van der Waals surface area contributed by atoms with Crippen molar-refractivity contribution in [2.75, 3.05) is 5.33 Å². The lowest BCUT2D eigenvalue weighted by Gasteiger charge is -2.35. The standard InChI is InChI=1S/C11H20BrNO/c1-11(2)6-3-4-9(8-11)13-10(14)5-7-12/h9H,3-8H2,1-2H3,(H,13,14). The largest absolute Gasteiger partial charge is 0.353 e. The van der Waals surface area contributed by atoms with Crippen molar-refractivity contribution in [2.45, 2.75) is 52.0 Å². The third-order valence-electron chi connectivity index (χ3n) is 2.89. The van der Waals surface area contributed by atoms with Gasteiger partial charge in [0.25, 0.3) is 0 Å². The van der Waals surface area contributed by atoms with Crippen LogP contribution in [0, 0.1) is 5.41 Å². The average molecular weight is 262 g/mol. The second kappa shape index (κ2) is 5.15. The Balaban J connectivity index is 2.34. The van der Waals surface area contributed by atoms with Crippen LogP contribution >= 0.6 is 15.9 Å². The normalized spacial score (nSPS) is 25.8. The van der Waals surface area contributed by atoms with E-state index >= 15 is 0 Å². The molecule has 82 valence electrons. The lowest BCUT2D eigenvalue weighted by Crippen LogP contribution is -2.40. The summed E-state index contributed by atoms with van der Waals surface area (Å²) in [6.45, 7) is 4.58. The SMILES string of the molecule is CC1(C)CCCC(NC(=O)CCBr)C1. The van der Waals surface area contributed by atoms with Crippen molar-refractivity contribution < 1.29 is 4.79 Å². The summed E-state index contributed by atoms with van der Waals surface area (Å²) in [6, 6.07) is 0.408. The Hall–Kier alpha value is -0.0500. The van der Waals surface area contributed by atoms with Gasteiger partial charge in [-0.2, -0.15) is 0 Å². The summed E-state index contributed by atoms with van der Waals surface area (Å²) >= 11 is 3.28. The molecule has 0 heterocycles. The van der Waals surface area contributed by atoms with Crippen LogP contribution in [0.1, 0.15) is 46.0 Å². The summed E-state index contributed by atoms with van der Waals surface area (Å²) in [7, 11) is 0. The molecule has 0 aromatic rings. The predicted octanol–water partition coefficient (Wildman–Crippen LogP) is 2.86. The molecule has 1 aliphatic rings. The second-order valence-electron chi connectivity index (χ2n) is 4.96. The summed E-state index contributed by atoms with van der Waals surface area (Å²) in [4.78, 5) is 11.4. The minimum absolute atomic E-state index is 0.185. The maximum absolute atomic E-state index is 11.4. The molecule has 1 N–H and O–H groups in total. The van der Waals surface area contributed by atoms with Crippen molar-refractivity contribution >= 4 is 21.8 Å². The van der Waals surface area contributed by atoms with Crippen LogP contribution in [0.5, 0.6) is 0 Å². The van der Waals surface area contributed by atoms with E-state index in [4.69, 9.17) is 0 Å². The molecule has 1 unspecified atom stereocenters. The van der Waals surface area contributed by atoms with Gasteiger partial charge in [-0.05, 0) is 24.7 Å². The zero-order chi connectivity index (χ0) is 10.6. The Labute approximate surface area is 95.0 Å². The molecule has 1 amide bonds. The Morgan fingerprint density at radius 3 is 2.86 bits per heavy atom. The highest BCUT2D eigenvalue weighted by Crippen LogP contribution is 2.34. The summed E-state index contributed by atoms with van der Waals surface area (Å²) in [5.41, 5.74) is 0.407. The lowest BCUT2D eigenvalue weighted by molar-refractivity contribution is -0.121. The van der Waals surface area contributed by atoms with Crippen LogP contribution in [0.25, 0.3) is 0 Å². The monoisotopic (exact) mass is 261 g/mol. The van der Waals surface area contributed by atoms with E-state index in [0.29, 0.717) is 17.9 Å². The maximum Gasteiger partial charge on any atom is 0.221 e. The van der Waals surface area contributed by atoms with Gasteiger partial charge in [0, 0.05) is 17.8 Å². The predicted molar refractivity (Wildman–Crippen MR) is 62.6 cm³/mol. The van der Waals surface area contributed by atoms with Gasteiger partial charge in [-0.3, -0.25) is 4.79 Å². The van der Waals surface area contributed by atoms with Crippen LogP contribution in [-0.4, -0.2) is 17.3 Å². The van der Waals surface area contributed by atoms with Gasteiger partial charge >= 0.3 is 0 Å². The van der Waals surface area contributed by atoms with E-state index in [1.165, 1.54) is 12.8 Å². The fraction of sp³-hybridized carbons (Fsp3) is 0.909. The molecule has 14 heavy (non-hydrogen) atoms. The first-order valence-electron chi connectivity index (χ1n) is 5.39. The minimum atomic E-state index is 0.185. The van der Waals surface area contributed by atoms with Gasteiger partial charge in [0.05, 0.1) is 0 Å². The van der Waals surface area contributed by atoms with Crippen LogP contribution < -0.4 is 5.32 Å². The number of amides is 1. The van der Waals surface area contributed by atoms with E-state index in [9.17, 15) is 4.79 Å². The highest BCUT2D eigenvalue weighted by Gasteiger charge is 2.28. The molecule has 0 radical (unpaired) electrons. The molecule has 0 saturated heterocycles. The van der Waals surface area contributed by atoms with Gasteiger partial charge < -0.3 is 5.32 Å². The summed E-state index contributed by atoms with van der Waals surface area (Å²) in [5.74, 6) is 0.185. The molecule has 1 aliphatic carbocycles. The zero-order valence-electron chi connectivity index (χ0n) is 9.11. The first-order chi connectivity index (χ1) is 6.53. The Bertz CT molecular complexity index is 203. The van der Waals surface area contributed by atoms with Crippen LogP contribution in [0.15, 0.2) is 0 Å². The molecule has 2 nitrogen and oxygen atoms in total. The fourth-order valence-electron chi connectivity index (χ4n) is 2.21. The van der Waals surface area contributed by atoms with Crippen molar-refractivity contribution in [2.24, 2.45) is 5.41 Å². The quantitative estimate of drug-likeness (QED) is 0.778. The fourth-order valence-corrected chi connectivity index (χ4v) is 2.57. The highest BCUT2D eigenvalue weighted by molar-refractivity contribution is 9.09. The van der Waals surface area contributed by atoms with E-state index in [1.54, 1.807) is 0 Å². The third-order valence-corrected chi connectivity index (χ3v) is 3.29. The van der Waals surface area contributed by atoms with Gasteiger partial charge in [-0.25, -0.2) is 0 Å². The van der Waals surface area contributed by atoms with Crippen molar-refractivity contribution in [3.8, 4) is 0 Å². The molecule has 0 aliphatic heterocycles. The Kier molecular flexibility index (Phi) is 4.42. The molecule has 0 spiro atoms. The number of carbonyl (C=O) groups is 1. The molecule has 1 fully saturated rings.